The Bertz CT molecular complexity index is 649. The first-order valence-corrected chi connectivity index (χ1v) is 7.86. The SMILES string of the molecule is CN(C)C(=O)CCc1ccc(NC(=O)CNCc2ccco2)cc1. The normalized spacial score (nSPS) is 10.4. The van der Waals surface area contributed by atoms with Gasteiger partial charge in [0.15, 0.2) is 0 Å². The second kappa shape index (κ2) is 8.88. The van der Waals surface area contributed by atoms with Crippen molar-refractivity contribution in [3.05, 3.63) is 54.0 Å². The zero-order valence-corrected chi connectivity index (χ0v) is 14.0. The average Bonchev–Trinajstić information content (AvgIpc) is 3.07. The Hall–Kier alpha value is -2.60. The molecule has 0 aliphatic carbocycles. The number of rotatable bonds is 8. The van der Waals surface area contributed by atoms with Crippen molar-refractivity contribution < 1.29 is 14.0 Å². The summed E-state index contributed by atoms with van der Waals surface area (Å²) in [6.07, 6.45) is 2.77. The molecule has 2 rings (SSSR count). The summed E-state index contributed by atoms with van der Waals surface area (Å²) < 4.78 is 5.18. The van der Waals surface area contributed by atoms with Crippen molar-refractivity contribution in [1.82, 2.24) is 10.2 Å². The van der Waals surface area contributed by atoms with Crippen molar-refractivity contribution in [2.24, 2.45) is 0 Å². The van der Waals surface area contributed by atoms with E-state index in [4.69, 9.17) is 4.42 Å². The van der Waals surface area contributed by atoms with Crippen LogP contribution in [0.4, 0.5) is 5.69 Å². The van der Waals surface area contributed by atoms with Gasteiger partial charge in [0.05, 0.1) is 19.4 Å². The molecule has 0 unspecified atom stereocenters. The lowest BCUT2D eigenvalue weighted by atomic mass is 10.1. The molecular weight excluding hydrogens is 306 g/mol. The molecule has 2 amide bonds. The summed E-state index contributed by atoms with van der Waals surface area (Å²) in [7, 11) is 3.50. The van der Waals surface area contributed by atoms with Gasteiger partial charge in [0.25, 0.3) is 0 Å². The lowest BCUT2D eigenvalue weighted by molar-refractivity contribution is -0.128. The Morgan fingerprint density at radius 3 is 2.50 bits per heavy atom. The predicted molar refractivity (Wildman–Crippen MR) is 92.5 cm³/mol. The van der Waals surface area contributed by atoms with Crippen LogP contribution >= 0.6 is 0 Å². The Morgan fingerprint density at radius 2 is 1.88 bits per heavy atom. The maximum absolute atomic E-state index is 11.9. The third kappa shape index (κ3) is 5.89. The highest BCUT2D eigenvalue weighted by molar-refractivity contribution is 5.92. The molecule has 0 saturated carbocycles. The van der Waals surface area contributed by atoms with Crippen molar-refractivity contribution in [3.8, 4) is 0 Å². The van der Waals surface area contributed by atoms with Crippen LogP contribution in [-0.2, 0) is 22.6 Å². The van der Waals surface area contributed by atoms with Gasteiger partial charge in [-0.25, -0.2) is 0 Å². The highest BCUT2D eigenvalue weighted by atomic mass is 16.3. The molecule has 1 aromatic carbocycles. The van der Waals surface area contributed by atoms with Crippen LogP contribution in [0.1, 0.15) is 17.7 Å². The van der Waals surface area contributed by atoms with Gasteiger partial charge in [-0.1, -0.05) is 12.1 Å². The molecule has 6 heteroatoms. The van der Waals surface area contributed by atoms with E-state index in [0.717, 1.165) is 17.0 Å². The van der Waals surface area contributed by atoms with E-state index in [2.05, 4.69) is 10.6 Å². The van der Waals surface area contributed by atoms with Crippen molar-refractivity contribution in [2.45, 2.75) is 19.4 Å². The quantitative estimate of drug-likeness (QED) is 0.777. The van der Waals surface area contributed by atoms with Crippen molar-refractivity contribution in [3.63, 3.8) is 0 Å². The minimum Gasteiger partial charge on any atom is -0.468 e. The van der Waals surface area contributed by atoms with Crippen LogP contribution in [-0.4, -0.2) is 37.4 Å². The molecule has 0 saturated heterocycles. The van der Waals surface area contributed by atoms with E-state index in [1.54, 1.807) is 25.3 Å². The van der Waals surface area contributed by atoms with Gasteiger partial charge >= 0.3 is 0 Å². The molecule has 1 aromatic heterocycles. The predicted octanol–water partition coefficient (Wildman–Crippen LogP) is 2.03. The average molecular weight is 329 g/mol. The number of nitrogens with zero attached hydrogens (tertiary/aromatic N) is 1. The second-order valence-corrected chi connectivity index (χ2v) is 5.72. The molecule has 0 atom stereocenters. The van der Waals surface area contributed by atoms with Gasteiger partial charge in [0, 0.05) is 26.2 Å². The maximum Gasteiger partial charge on any atom is 0.238 e. The summed E-state index contributed by atoms with van der Waals surface area (Å²) in [5.74, 6) is 0.784. The van der Waals surface area contributed by atoms with E-state index in [0.29, 0.717) is 19.4 Å². The minimum atomic E-state index is -0.114. The first kappa shape index (κ1) is 17.7. The summed E-state index contributed by atoms with van der Waals surface area (Å²) in [6, 6.07) is 11.2. The number of amides is 2. The third-order valence-corrected chi connectivity index (χ3v) is 3.53. The number of carbonyl (C=O) groups is 2. The Kier molecular flexibility index (Phi) is 6.57. The number of nitrogens with one attached hydrogen (secondary N) is 2. The van der Waals surface area contributed by atoms with Gasteiger partial charge < -0.3 is 20.0 Å². The molecule has 24 heavy (non-hydrogen) atoms. The molecule has 0 fully saturated rings. The topological polar surface area (TPSA) is 74.6 Å². The molecule has 0 radical (unpaired) electrons. The van der Waals surface area contributed by atoms with E-state index in [1.165, 1.54) is 0 Å². The van der Waals surface area contributed by atoms with Crippen molar-refractivity contribution in [2.75, 3.05) is 26.0 Å². The van der Waals surface area contributed by atoms with Gasteiger partial charge in [-0.15, -0.1) is 0 Å². The summed E-state index contributed by atoms with van der Waals surface area (Å²) in [4.78, 5) is 25.0. The van der Waals surface area contributed by atoms with Gasteiger partial charge in [0.1, 0.15) is 5.76 Å². The molecule has 0 aliphatic rings. The minimum absolute atomic E-state index is 0.106. The van der Waals surface area contributed by atoms with Crippen molar-refractivity contribution >= 4 is 17.5 Å². The molecule has 1 heterocycles. The molecular formula is C18H23N3O3. The van der Waals surface area contributed by atoms with Crippen LogP contribution < -0.4 is 10.6 Å². The van der Waals surface area contributed by atoms with Crippen LogP contribution in [0.3, 0.4) is 0 Å². The van der Waals surface area contributed by atoms with Gasteiger partial charge in [-0.2, -0.15) is 0 Å². The number of carbonyl (C=O) groups excluding carboxylic acids is 2. The third-order valence-electron chi connectivity index (χ3n) is 3.53. The van der Waals surface area contributed by atoms with E-state index in [9.17, 15) is 9.59 Å². The summed E-state index contributed by atoms with van der Waals surface area (Å²) in [5.41, 5.74) is 1.81. The number of anilines is 1. The second-order valence-electron chi connectivity index (χ2n) is 5.72. The highest BCUT2D eigenvalue weighted by Crippen LogP contribution is 2.11. The Balaban J connectivity index is 1.72. The van der Waals surface area contributed by atoms with Gasteiger partial charge in [0.2, 0.25) is 11.8 Å². The lowest BCUT2D eigenvalue weighted by Crippen LogP contribution is -2.27. The first-order chi connectivity index (χ1) is 11.5. The molecule has 6 nitrogen and oxygen atoms in total. The summed E-state index contributed by atoms with van der Waals surface area (Å²) in [5, 5.41) is 5.84. The number of benzene rings is 1. The van der Waals surface area contributed by atoms with Gasteiger partial charge in [-0.3, -0.25) is 9.59 Å². The largest absolute Gasteiger partial charge is 0.468 e. The molecule has 0 spiro atoms. The van der Waals surface area contributed by atoms with E-state index < -0.39 is 0 Å². The molecule has 0 bridgehead atoms. The van der Waals surface area contributed by atoms with Gasteiger partial charge in [-0.05, 0) is 36.2 Å². The fourth-order valence-electron chi connectivity index (χ4n) is 2.15. The monoisotopic (exact) mass is 329 g/mol. The van der Waals surface area contributed by atoms with Crippen LogP contribution in [0.2, 0.25) is 0 Å². The fourth-order valence-corrected chi connectivity index (χ4v) is 2.15. The molecule has 2 aromatic rings. The summed E-state index contributed by atoms with van der Waals surface area (Å²) in [6.45, 7) is 0.721. The standard InChI is InChI=1S/C18H23N3O3/c1-21(2)18(23)10-7-14-5-8-15(9-6-14)20-17(22)13-19-12-16-4-3-11-24-16/h3-6,8-9,11,19H,7,10,12-13H2,1-2H3,(H,20,22). The molecule has 0 aliphatic heterocycles. The molecule has 2 N–H and O–H groups in total. The Morgan fingerprint density at radius 1 is 1.12 bits per heavy atom. The summed E-state index contributed by atoms with van der Waals surface area (Å²) >= 11 is 0. The van der Waals surface area contributed by atoms with Crippen molar-refractivity contribution in [1.29, 1.82) is 0 Å². The number of furan rings is 1. The zero-order chi connectivity index (χ0) is 17.4. The van der Waals surface area contributed by atoms with Crippen LogP contribution in [0.5, 0.6) is 0 Å². The number of hydrogen-bond acceptors (Lipinski definition) is 4. The smallest absolute Gasteiger partial charge is 0.238 e. The number of aryl methyl sites for hydroxylation is 1. The Labute approximate surface area is 141 Å². The maximum atomic E-state index is 11.9. The zero-order valence-electron chi connectivity index (χ0n) is 14.0. The van der Waals surface area contributed by atoms with E-state index in [1.807, 2.05) is 36.4 Å². The van der Waals surface area contributed by atoms with Crippen LogP contribution in [0.25, 0.3) is 0 Å². The first-order valence-electron chi connectivity index (χ1n) is 7.86. The van der Waals surface area contributed by atoms with Crippen LogP contribution in [0, 0.1) is 0 Å². The fraction of sp³-hybridized carbons (Fsp3) is 0.333. The van der Waals surface area contributed by atoms with Crippen LogP contribution in [0.15, 0.2) is 47.1 Å². The highest BCUT2D eigenvalue weighted by Gasteiger charge is 2.06. The molecule has 128 valence electrons. The van der Waals surface area contributed by atoms with E-state index in [-0.39, 0.29) is 18.4 Å². The number of hydrogen-bond donors (Lipinski definition) is 2. The lowest BCUT2D eigenvalue weighted by Gasteiger charge is -2.10. The van der Waals surface area contributed by atoms with E-state index >= 15 is 0 Å².